The summed E-state index contributed by atoms with van der Waals surface area (Å²) in [5.74, 6) is -0.551. The summed E-state index contributed by atoms with van der Waals surface area (Å²) in [5, 5.41) is 17.7. The van der Waals surface area contributed by atoms with Gasteiger partial charge in [0.2, 0.25) is 5.91 Å². The van der Waals surface area contributed by atoms with Crippen molar-refractivity contribution in [2.24, 2.45) is 10.9 Å². The largest absolute Gasteiger partial charge is 0.586 e. The van der Waals surface area contributed by atoms with Crippen molar-refractivity contribution in [2.45, 2.75) is 63.8 Å². The van der Waals surface area contributed by atoms with E-state index in [-0.39, 0.29) is 36.4 Å². The van der Waals surface area contributed by atoms with Gasteiger partial charge in [0, 0.05) is 11.8 Å². The number of hydrogen-bond donors (Lipinski definition) is 3. The molecule has 2 heterocycles. The van der Waals surface area contributed by atoms with Crippen LogP contribution in [0.25, 0.3) is 0 Å². The van der Waals surface area contributed by atoms with Gasteiger partial charge >= 0.3 is 6.29 Å². The zero-order chi connectivity index (χ0) is 24.2. The molecule has 1 unspecified atom stereocenters. The maximum Gasteiger partial charge on any atom is 0.586 e. The number of aromatic nitrogens is 2. The number of carbonyl (C=O) groups excluding carboxylic acids is 1. The predicted octanol–water partition coefficient (Wildman–Crippen LogP) is 2.14. The number of aliphatic hydroxyl groups is 1. The number of primary amides is 1. The summed E-state index contributed by atoms with van der Waals surface area (Å²) in [7, 11) is -1.53. The van der Waals surface area contributed by atoms with E-state index in [1.165, 1.54) is 10.7 Å². The van der Waals surface area contributed by atoms with Crippen LogP contribution in [0.2, 0.25) is 0 Å². The lowest BCUT2D eigenvalue weighted by atomic mass is 9.86. The maximum atomic E-state index is 13.4. The number of fused-ring (bicyclic) bond motifs is 1. The van der Waals surface area contributed by atoms with Gasteiger partial charge in [0.1, 0.15) is 11.0 Å². The van der Waals surface area contributed by atoms with Crippen LogP contribution in [0.5, 0.6) is 11.5 Å². The van der Waals surface area contributed by atoms with Crippen molar-refractivity contribution >= 4 is 16.9 Å². The molecule has 1 amide bonds. The van der Waals surface area contributed by atoms with Crippen molar-refractivity contribution in [1.82, 2.24) is 9.78 Å². The van der Waals surface area contributed by atoms with Crippen molar-refractivity contribution in [1.29, 1.82) is 0 Å². The molecule has 3 rings (SSSR count). The number of alkyl halides is 2. The minimum Gasteiger partial charge on any atom is -0.395 e. The number of rotatable bonds is 7. The lowest BCUT2D eigenvalue weighted by Gasteiger charge is -2.20. The fourth-order valence-corrected chi connectivity index (χ4v) is 3.72. The fraction of sp³-hybridized carbons (Fsp3) is 0.500. The third-order valence-corrected chi connectivity index (χ3v) is 5.21. The molecule has 32 heavy (non-hydrogen) atoms. The van der Waals surface area contributed by atoms with Crippen molar-refractivity contribution in [3.63, 3.8) is 0 Å². The molecule has 0 bridgehead atoms. The highest BCUT2D eigenvalue weighted by Crippen LogP contribution is 2.49. The third kappa shape index (κ3) is 6.24. The van der Waals surface area contributed by atoms with Crippen molar-refractivity contribution in [3.8, 4) is 11.5 Å². The summed E-state index contributed by atoms with van der Waals surface area (Å²) in [6.45, 7) is 7.96. The van der Waals surface area contributed by atoms with E-state index in [1.54, 1.807) is 12.3 Å². The number of carbonyl (C=O) groups is 1. The number of aliphatic hydroxyl groups excluding tert-OH is 1. The molecule has 9 nitrogen and oxygen atoms in total. The second kappa shape index (κ2) is 10.4. The zero-order valence-corrected chi connectivity index (χ0v) is 19.1. The Morgan fingerprint density at radius 1 is 1.28 bits per heavy atom. The summed E-state index contributed by atoms with van der Waals surface area (Å²) < 4.78 is 48.0. The smallest absolute Gasteiger partial charge is 0.395 e. The van der Waals surface area contributed by atoms with E-state index in [0.29, 0.717) is 22.7 Å². The summed E-state index contributed by atoms with van der Waals surface area (Å²) in [4.78, 5) is 11.3. The van der Waals surface area contributed by atoms with E-state index in [0.717, 1.165) is 5.56 Å². The monoisotopic (exact) mass is 474 g/mol. The Labute approximate surface area is 187 Å². The number of amides is 1. The van der Waals surface area contributed by atoms with Crippen LogP contribution in [0.4, 0.5) is 8.78 Å². The third-order valence-electron chi connectivity index (χ3n) is 4.58. The highest BCUT2D eigenvalue weighted by atomic mass is 32.2. The topological polar surface area (TPSA) is 143 Å². The Balaban J connectivity index is 0.000000278. The van der Waals surface area contributed by atoms with Gasteiger partial charge in [-0.15, -0.1) is 8.78 Å². The Kier molecular flexibility index (Phi) is 8.32. The van der Waals surface area contributed by atoms with Gasteiger partial charge in [-0.3, -0.25) is 9.48 Å². The zero-order valence-electron chi connectivity index (χ0n) is 18.3. The SMILES string of the molecule is CC(C)c1cc2c(c(C(C)C)c1CC(N)=O)OC(F)(F)O2.NS(=O)c1ccn(CCO)n1. The summed E-state index contributed by atoms with van der Waals surface area (Å²) in [6, 6.07) is 3.08. The van der Waals surface area contributed by atoms with Crippen LogP contribution in [0.1, 0.15) is 56.2 Å². The van der Waals surface area contributed by atoms with Gasteiger partial charge in [0.05, 0.1) is 19.6 Å². The molecule has 1 aliphatic heterocycles. The highest BCUT2D eigenvalue weighted by molar-refractivity contribution is 7.82. The van der Waals surface area contributed by atoms with Gasteiger partial charge in [-0.05, 0) is 35.1 Å². The Bertz CT molecular complexity index is 995. The van der Waals surface area contributed by atoms with E-state index < -0.39 is 23.2 Å². The minimum absolute atomic E-state index is 0.00986. The van der Waals surface area contributed by atoms with Gasteiger partial charge in [-0.2, -0.15) is 5.10 Å². The van der Waals surface area contributed by atoms with Crippen molar-refractivity contribution in [3.05, 3.63) is 35.0 Å². The molecular weight excluding hydrogens is 446 g/mol. The number of ether oxygens (including phenoxy) is 2. The first kappa shape index (κ1) is 25.7. The Hall–Kier alpha value is -2.57. The van der Waals surface area contributed by atoms with Crippen LogP contribution < -0.4 is 20.3 Å². The van der Waals surface area contributed by atoms with Crippen molar-refractivity contribution in [2.75, 3.05) is 6.61 Å². The minimum atomic E-state index is -3.68. The molecule has 0 spiro atoms. The van der Waals surface area contributed by atoms with E-state index in [1.807, 2.05) is 27.7 Å². The molecule has 12 heteroatoms. The van der Waals surface area contributed by atoms with Crippen LogP contribution in [0, 0.1) is 0 Å². The van der Waals surface area contributed by atoms with Crippen LogP contribution >= 0.6 is 0 Å². The van der Waals surface area contributed by atoms with E-state index in [2.05, 4.69) is 14.6 Å². The van der Waals surface area contributed by atoms with Crippen molar-refractivity contribution < 1.29 is 32.4 Å². The quantitative estimate of drug-likeness (QED) is 0.561. The average Bonchev–Trinajstić information content (AvgIpc) is 3.23. The molecule has 1 aliphatic rings. The number of nitrogens with zero attached hydrogens (tertiary/aromatic N) is 2. The van der Waals surface area contributed by atoms with Gasteiger partial charge in [0.15, 0.2) is 16.5 Å². The van der Waals surface area contributed by atoms with Crippen LogP contribution in [-0.4, -0.2) is 37.9 Å². The average molecular weight is 475 g/mol. The standard InChI is InChI=1S/C15H19F2NO3.C5H9N3O2S/c1-7(2)9-5-11-14(21-15(16,17)20-11)13(8(3)4)10(9)6-12(18)19;6-11(10)5-1-2-8(7-5)3-4-9/h5,7-8H,6H2,1-4H3,(H2,18,19);1-2,9H,3-4,6H2. The molecule has 1 atom stereocenters. The second-order valence-corrected chi connectivity index (χ2v) is 8.76. The lowest BCUT2D eigenvalue weighted by molar-refractivity contribution is -0.287. The molecular formula is C20H28F2N4O5S. The molecule has 1 aromatic heterocycles. The highest BCUT2D eigenvalue weighted by Gasteiger charge is 2.46. The summed E-state index contributed by atoms with van der Waals surface area (Å²) >= 11 is 0. The van der Waals surface area contributed by atoms with E-state index >= 15 is 0 Å². The molecule has 2 aromatic rings. The summed E-state index contributed by atoms with van der Waals surface area (Å²) in [6.07, 6.45) is -2.06. The van der Waals surface area contributed by atoms with Crippen LogP contribution in [0.15, 0.2) is 23.4 Å². The molecule has 0 saturated carbocycles. The van der Waals surface area contributed by atoms with Gasteiger partial charge in [0.25, 0.3) is 0 Å². The lowest BCUT2D eigenvalue weighted by Crippen LogP contribution is -2.26. The fourth-order valence-electron chi connectivity index (χ4n) is 3.34. The van der Waals surface area contributed by atoms with E-state index in [9.17, 15) is 17.8 Å². The Morgan fingerprint density at radius 3 is 2.41 bits per heavy atom. The predicted molar refractivity (Wildman–Crippen MR) is 114 cm³/mol. The van der Waals surface area contributed by atoms with Gasteiger partial charge in [-0.25, -0.2) is 9.35 Å². The van der Waals surface area contributed by atoms with E-state index in [4.69, 9.17) is 16.0 Å². The first-order valence-electron chi connectivity index (χ1n) is 9.90. The number of benzene rings is 1. The maximum absolute atomic E-state index is 13.4. The second-order valence-electron chi connectivity index (χ2n) is 7.74. The first-order valence-corrected chi connectivity index (χ1v) is 11.1. The Morgan fingerprint density at radius 2 is 1.94 bits per heavy atom. The molecule has 0 radical (unpaired) electrons. The van der Waals surface area contributed by atoms with Gasteiger partial charge < -0.3 is 20.3 Å². The molecule has 1 aromatic carbocycles. The molecule has 0 fully saturated rings. The molecule has 178 valence electrons. The summed E-state index contributed by atoms with van der Waals surface area (Å²) in [5.41, 5.74) is 7.30. The van der Waals surface area contributed by atoms with Crippen LogP contribution in [-0.2, 0) is 28.7 Å². The van der Waals surface area contributed by atoms with Gasteiger partial charge in [-0.1, -0.05) is 27.7 Å². The van der Waals surface area contributed by atoms with Crippen LogP contribution in [0.3, 0.4) is 0 Å². The first-order chi connectivity index (χ1) is 14.9. The molecule has 0 saturated heterocycles. The number of hydrogen-bond acceptors (Lipinski definition) is 6. The normalized spacial score (nSPS) is 14.9. The number of nitrogens with two attached hydrogens (primary N) is 2. The molecule has 0 aliphatic carbocycles. The number of halogens is 2. The molecule has 5 N–H and O–H groups in total.